The number of benzene rings is 2. The molecule has 2 aromatic rings. The Balaban J connectivity index is 1.95. The summed E-state index contributed by atoms with van der Waals surface area (Å²) in [6.07, 6.45) is 1.86. The highest BCUT2D eigenvalue weighted by molar-refractivity contribution is 5.99. The summed E-state index contributed by atoms with van der Waals surface area (Å²) in [5.41, 5.74) is 1.80. The lowest BCUT2D eigenvalue weighted by atomic mass is 10.1. The van der Waals surface area contributed by atoms with E-state index in [1.54, 1.807) is 13.2 Å². The van der Waals surface area contributed by atoms with Crippen LogP contribution in [0.3, 0.4) is 0 Å². The summed E-state index contributed by atoms with van der Waals surface area (Å²) >= 11 is 0. The summed E-state index contributed by atoms with van der Waals surface area (Å²) < 4.78 is 11.0. The van der Waals surface area contributed by atoms with Gasteiger partial charge < -0.3 is 9.47 Å². The van der Waals surface area contributed by atoms with Crippen LogP contribution in [0.25, 0.3) is 0 Å². The molecule has 0 saturated carbocycles. The van der Waals surface area contributed by atoms with Crippen LogP contribution in [-0.4, -0.2) is 19.5 Å². The van der Waals surface area contributed by atoms with Crippen molar-refractivity contribution in [3.63, 3.8) is 0 Å². The van der Waals surface area contributed by atoms with Crippen molar-refractivity contribution in [2.75, 3.05) is 13.7 Å². The maximum absolute atomic E-state index is 11.7. The van der Waals surface area contributed by atoms with Gasteiger partial charge in [-0.2, -0.15) is 0 Å². The number of aryl methyl sites for hydroxylation is 1. The van der Waals surface area contributed by atoms with Gasteiger partial charge in [0.15, 0.2) is 5.78 Å². The van der Waals surface area contributed by atoms with Crippen LogP contribution in [0, 0.1) is 0 Å². The Kier molecular flexibility index (Phi) is 5.38. The number of carbonyl (C=O) groups excluding carboxylic acids is 1. The Hall–Kier alpha value is -2.29. The minimum absolute atomic E-state index is 0.0505. The number of rotatable bonds is 7. The van der Waals surface area contributed by atoms with Crippen LogP contribution in [0.1, 0.15) is 29.3 Å². The third kappa shape index (κ3) is 4.09. The second-order valence-corrected chi connectivity index (χ2v) is 4.83. The van der Waals surface area contributed by atoms with Crippen molar-refractivity contribution in [3.05, 3.63) is 59.7 Å². The SMILES string of the molecule is COc1cccc(OCCCc2ccccc2)c1C(C)=O. The van der Waals surface area contributed by atoms with Crippen molar-refractivity contribution < 1.29 is 14.3 Å². The van der Waals surface area contributed by atoms with Gasteiger partial charge in [-0.3, -0.25) is 4.79 Å². The molecule has 21 heavy (non-hydrogen) atoms. The molecule has 2 aromatic carbocycles. The largest absolute Gasteiger partial charge is 0.496 e. The van der Waals surface area contributed by atoms with Crippen LogP contribution < -0.4 is 9.47 Å². The summed E-state index contributed by atoms with van der Waals surface area (Å²) in [5.74, 6) is 1.10. The summed E-state index contributed by atoms with van der Waals surface area (Å²) in [5, 5.41) is 0. The number of hydrogen-bond acceptors (Lipinski definition) is 3. The van der Waals surface area contributed by atoms with Gasteiger partial charge in [0.05, 0.1) is 13.7 Å². The molecule has 0 atom stereocenters. The van der Waals surface area contributed by atoms with Crippen LogP contribution in [0.5, 0.6) is 11.5 Å². The van der Waals surface area contributed by atoms with E-state index in [1.807, 2.05) is 30.3 Å². The molecule has 110 valence electrons. The molecule has 0 saturated heterocycles. The van der Waals surface area contributed by atoms with Crippen LogP contribution >= 0.6 is 0 Å². The number of ether oxygens (including phenoxy) is 2. The van der Waals surface area contributed by atoms with Crippen LogP contribution in [0.15, 0.2) is 48.5 Å². The number of Topliss-reactive ketones (excluding diaryl/α,β-unsaturated/α-hetero) is 1. The monoisotopic (exact) mass is 284 g/mol. The zero-order chi connectivity index (χ0) is 15.1. The standard InChI is InChI=1S/C18H20O3/c1-14(19)18-16(20-2)11-6-12-17(18)21-13-7-10-15-8-4-3-5-9-15/h3-6,8-9,11-12H,7,10,13H2,1-2H3. The van der Waals surface area contributed by atoms with E-state index in [0.717, 1.165) is 12.8 Å². The lowest BCUT2D eigenvalue weighted by Crippen LogP contribution is -2.05. The van der Waals surface area contributed by atoms with E-state index >= 15 is 0 Å². The number of methoxy groups -OCH3 is 1. The van der Waals surface area contributed by atoms with Gasteiger partial charge in [-0.25, -0.2) is 0 Å². The Morgan fingerprint density at radius 3 is 2.38 bits per heavy atom. The number of carbonyl (C=O) groups is 1. The average Bonchev–Trinajstić information content (AvgIpc) is 2.52. The Labute approximate surface area is 125 Å². The lowest BCUT2D eigenvalue weighted by molar-refractivity contribution is 0.101. The molecule has 0 unspecified atom stereocenters. The molecule has 3 heteroatoms. The Bertz CT molecular complexity index is 591. The first-order valence-electron chi connectivity index (χ1n) is 7.07. The summed E-state index contributed by atoms with van der Waals surface area (Å²) in [6.45, 7) is 2.09. The zero-order valence-corrected chi connectivity index (χ0v) is 12.5. The third-order valence-electron chi connectivity index (χ3n) is 3.27. The zero-order valence-electron chi connectivity index (χ0n) is 12.5. The molecule has 0 radical (unpaired) electrons. The van der Waals surface area contributed by atoms with Crippen molar-refractivity contribution in [1.29, 1.82) is 0 Å². The van der Waals surface area contributed by atoms with Gasteiger partial charge in [-0.05, 0) is 37.5 Å². The maximum Gasteiger partial charge on any atom is 0.167 e. The van der Waals surface area contributed by atoms with Gasteiger partial charge in [0.2, 0.25) is 0 Å². The van der Waals surface area contributed by atoms with Crippen molar-refractivity contribution in [1.82, 2.24) is 0 Å². The minimum Gasteiger partial charge on any atom is -0.496 e. The molecule has 0 aliphatic heterocycles. The highest BCUT2D eigenvalue weighted by atomic mass is 16.5. The maximum atomic E-state index is 11.7. The van der Waals surface area contributed by atoms with Gasteiger partial charge >= 0.3 is 0 Å². The van der Waals surface area contributed by atoms with Crippen molar-refractivity contribution >= 4 is 5.78 Å². The predicted octanol–water partition coefficient (Wildman–Crippen LogP) is 3.91. The first-order valence-corrected chi connectivity index (χ1v) is 7.07. The molecule has 3 nitrogen and oxygen atoms in total. The summed E-state index contributed by atoms with van der Waals surface area (Å²) in [4.78, 5) is 11.7. The van der Waals surface area contributed by atoms with E-state index < -0.39 is 0 Å². The fraction of sp³-hybridized carbons (Fsp3) is 0.278. The summed E-state index contributed by atoms with van der Waals surface area (Å²) in [7, 11) is 1.56. The summed E-state index contributed by atoms with van der Waals surface area (Å²) in [6, 6.07) is 15.7. The van der Waals surface area contributed by atoms with Gasteiger partial charge in [0, 0.05) is 0 Å². The fourth-order valence-electron chi connectivity index (χ4n) is 2.25. The molecule has 0 bridgehead atoms. The number of hydrogen-bond donors (Lipinski definition) is 0. The normalized spacial score (nSPS) is 10.2. The van der Waals surface area contributed by atoms with Gasteiger partial charge in [0.25, 0.3) is 0 Å². The molecule has 0 N–H and O–H groups in total. The lowest BCUT2D eigenvalue weighted by Gasteiger charge is -2.12. The van der Waals surface area contributed by atoms with E-state index in [2.05, 4.69) is 12.1 Å². The molecular weight excluding hydrogens is 264 g/mol. The second-order valence-electron chi connectivity index (χ2n) is 4.83. The topological polar surface area (TPSA) is 35.5 Å². The molecule has 0 heterocycles. The van der Waals surface area contributed by atoms with Crippen LogP contribution in [0.4, 0.5) is 0 Å². The van der Waals surface area contributed by atoms with E-state index in [4.69, 9.17) is 9.47 Å². The third-order valence-corrected chi connectivity index (χ3v) is 3.27. The van der Waals surface area contributed by atoms with Gasteiger partial charge in [0.1, 0.15) is 17.1 Å². The number of ketones is 1. The molecular formula is C18H20O3. The molecule has 0 spiro atoms. The molecule has 0 aliphatic carbocycles. The minimum atomic E-state index is -0.0505. The van der Waals surface area contributed by atoms with Crippen LogP contribution in [0.2, 0.25) is 0 Å². The van der Waals surface area contributed by atoms with Crippen LogP contribution in [-0.2, 0) is 6.42 Å². The molecule has 0 aliphatic rings. The van der Waals surface area contributed by atoms with E-state index in [0.29, 0.717) is 23.7 Å². The second kappa shape index (κ2) is 7.48. The quantitative estimate of drug-likeness (QED) is 0.571. The van der Waals surface area contributed by atoms with E-state index in [1.165, 1.54) is 12.5 Å². The highest BCUT2D eigenvalue weighted by Gasteiger charge is 2.14. The molecule has 0 fully saturated rings. The van der Waals surface area contributed by atoms with Gasteiger partial charge in [-0.15, -0.1) is 0 Å². The first kappa shape index (κ1) is 15.1. The molecule has 2 rings (SSSR count). The smallest absolute Gasteiger partial charge is 0.167 e. The Morgan fingerprint density at radius 1 is 1.00 bits per heavy atom. The highest BCUT2D eigenvalue weighted by Crippen LogP contribution is 2.28. The molecule has 0 aromatic heterocycles. The van der Waals surface area contributed by atoms with E-state index in [-0.39, 0.29) is 5.78 Å². The molecule has 0 amide bonds. The Morgan fingerprint density at radius 2 is 1.71 bits per heavy atom. The van der Waals surface area contributed by atoms with Crippen molar-refractivity contribution in [3.8, 4) is 11.5 Å². The first-order chi connectivity index (χ1) is 10.2. The van der Waals surface area contributed by atoms with Gasteiger partial charge in [-0.1, -0.05) is 36.4 Å². The van der Waals surface area contributed by atoms with Crippen molar-refractivity contribution in [2.45, 2.75) is 19.8 Å². The average molecular weight is 284 g/mol. The van der Waals surface area contributed by atoms with E-state index in [9.17, 15) is 4.79 Å². The predicted molar refractivity (Wildman–Crippen MR) is 83.3 cm³/mol. The fourth-order valence-corrected chi connectivity index (χ4v) is 2.25. The van der Waals surface area contributed by atoms with Crippen molar-refractivity contribution in [2.24, 2.45) is 0 Å².